The molecule has 1 aliphatic heterocycles. The van der Waals surface area contributed by atoms with Crippen molar-refractivity contribution in [2.45, 2.75) is 140 Å². The summed E-state index contributed by atoms with van der Waals surface area (Å²) >= 11 is 0. The number of benzene rings is 1. The van der Waals surface area contributed by atoms with Gasteiger partial charge in [-0.3, -0.25) is 0 Å². The van der Waals surface area contributed by atoms with E-state index in [1.165, 1.54) is 59.2 Å². The van der Waals surface area contributed by atoms with Crippen LogP contribution in [-0.2, 0) is 12.8 Å². The Balaban J connectivity index is 0. The van der Waals surface area contributed by atoms with E-state index in [9.17, 15) is 0 Å². The maximum absolute atomic E-state index is 6.10. The average molecular weight is 727 g/mol. The Bertz CT molecular complexity index is 1290. The van der Waals surface area contributed by atoms with Crippen LogP contribution in [0.5, 0.6) is 0 Å². The van der Waals surface area contributed by atoms with Crippen LogP contribution < -0.4 is 5.73 Å². The number of nitrogens with two attached hydrogens (primary N) is 1. The van der Waals surface area contributed by atoms with E-state index in [-0.39, 0.29) is 6.04 Å². The molecule has 0 radical (unpaired) electrons. The molecule has 0 aromatic heterocycles. The number of fused-ring (bicyclic) bond motifs is 1. The summed E-state index contributed by atoms with van der Waals surface area (Å²) in [4.78, 5) is 2.25. The lowest BCUT2D eigenvalue weighted by Gasteiger charge is -2.20. The van der Waals surface area contributed by atoms with Crippen LogP contribution in [0.1, 0.15) is 133 Å². The van der Waals surface area contributed by atoms with E-state index in [0.717, 1.165) is 55.1 Å². The first-order valence-electron chi connectivity index (χ1n) is 20.3. The zero-order valence-electron chi connectivity index (χ0n) is 37.3. The van der Waals surface area contributed by atoms with Crippen LogP contribution in [0.4, 0.5) is 0 Å². The van der Waals surface area contributed by atoms with Gasteiger partial charge in [0.1, 0.15) is 0 Å². The zero-order chi connectivity index (χ0) is 41.5. The van der Waals surface area contributed by atoms with Crippen molar-refractivity contribution in [3.8, 4) is 0 Å². The van der Waals surface area contributed by atoms with Crippen molar-refractivity contribution in [3.05, 3.63) is 133 Å². The van der Waals surface area contributed by atoms with Gasteiger partial charge in [-0.15, -0.1) is 19.7 Å². The Morgan fingerprint density at radius 3 is 1.70 bits per heavy atom. The quantitative estimate of drug-likeness (QED) is 0.182. The highest BCUT2D eigenvalue weighted by Crippen LogP contribution is 2.64. The summed E-state index contributed by atoms with van der Waals surface area (Å²) < 4.78 is 0. The largest absolute Gasteiger partial charge is 0.380 e. The minimum atomic E-state index is 0.155. The number of nitrogens with zero attached hydrogens (tertiary/aromatic N) is 1. The third-order valence-corrected chi connectivity index (χ3v) is 10.8. The molecule has 4 rings (SSSR count). The second kappa shape index (κ2) is 27.5. The van der Waals surface area contributed by atoms with E-state index < -0.39 is 0 Å². The number of allylic oxidation sites excluding steroid dienone is 7. The molecule has 0 saturated heterocycles. The smallest absolute Gasteiger partial charge is 0.0283 e. The molecule has 300 valence electrons. The van der Waals surface area contributed by atoms with Gasteiger partial charge in [-0.1, -0.05) is 144 Å². The molecule has 5 atom stereocenters. The van der Waals surface area contributed by atoms with Crippen LogP contribution in [0, 0.1) is 35.0 Å². The fraction of sp³-hybridized carbons (Fsp3) is 0.569. The lowest BCUT2D eigenvalue weighted by atomic mass is 9.93. The van der Waals surface area contributed by atoms with Gasteiger partial charge in [0, 0.05) is 19.6 Å². The van der Waals surface area contributed by atoms with Crippen molar-refractivity contribution in [2.24, 2.45) is 40.7 Å². The Kier molecular flexibility index (Phi) is 27.0. The standard InChI is InChI=1S/C13H17N.C12H22.C11H18.C7H13N.2C4H8/c1-9(2)13(14)12-7-10-5-3-4-6-11(10)8-12;1-7-10-11(12(10,5)6)9(4)8(2)3;1-6-7-8-10(4)11(5)9(2)3;1-7-4-3-5-8(2)6-7;1-4(2)3;1-3-4-2/h3-6,12-13H,1,7-8,14H2,2H3;9-11H,2,7H2,1,3-6H3;6,10H,1-2,5,7-8H2,3-4H3;6H,3-5H2,1-2H3;1H2,2-3H3;3H,1,4H2,2H3. The molecule has 1 aromatic carbocycles. The van der Waals surface area contributed by atoms with Gasteiger partial charge < -0.3 is 10.6 Å². The van der Waals surface area contributed by atoms with Crippen molar-refractivity contribution in [2.75, 3.05) is 13.6 Å². The first-order valence-corrected chi connectivity index (χ1v) is 20.3. The van der Waals surface area contributed by atoms with Crippen molar-refractivity contribution in [1.82, 2.24) is 4.90 Å². The molecular weight excluding hydrogens is 641 g/mol. The number of rotatable bonds is 11. The lowest BCUT2D eigenvalue weighted by Crippen LogP contribution is -2.31. The van der Waals surface area contributed by atoms with Crippen LogP contribution >= 0.6 is 0 Å². The van der Waals surface area contributed by atoms with Gasteiger partial charge in [-0.25, -0.2) is 0 Å². The van der Waals surface area contributed by atoms with Gasteiger partial charge in [0.2, 0.25) is 0 Å². The van der Waals surface area contributed by atoms with Crippen molar-refractivity contribution in [3.63, 3.8) is 0 Å². The number of hydrogen-bond acceptors (Lipinski definition) is 2. The van der Waals surface area contributed by atoms with Crippen LogP contribution in [0.15, 0.2) is 122 Å². The van der Waals surface area contributed by atoms with Crippen LogP contribution in [0.2, 0.25) is 0 Å². The molecular formula is C51H86N2. The second-order valence-corrected chi connectivity index (χ2v) is 16.8. The molecule has 3 aliphatic rings. The summed E-state index contributed by atoms with van der Waals surface area (Å²) in [7, 11) is 2.13. The molecule has 5 unspecified atom stereocenters. The van der Waals surface area contributed by atoms with E-state index in [1.54, 1.807) is 0 Å². The van der Waals surface area contributed by atoms with E-state index >= 15 is 0 Å². The SMILES string of the molecule is C=C(C)C.C=C(C)C(C)C1C(CC)C1(C)C.C=C(C)C(N)C1Cc2ccccc2C1.C=CCC.C=CCCC(C)C(=C)C(=C)C.CC1=CN(C)CCC1. The van der Waals surface area contributed by atoms with E-state index in [1.807, 2.05) is 39.8 Å². The Morgan fingerprint density at radius 1 is 0.906 bits per heavy atom. The van der Waals surface area contributed by atoms with Crippen LogP contribution in [-0.4, -0.2) is 24.5 Å². The third kappa shape index (κ3) is 21.4. The molecule has 2 heteroatoms. The number of hydrogen-bond donors (Lipinski definition) is 1. The van der Waals surface area contributed by atoms with Crippen molar-refractivity contribution in [1.29, 1.82) is 0 Å². The summed E-state index contributed by atoms with van der Waals surface area (Å²) in [5, 5.41) is 0. The van der Waals surface area contributed by atoms with Gasteiger partial charge in [-0.05, 0) is 139 Å². The Labute approximate surface area is 331 Å². The highest BCUT2D eigenvalue weighted by Gasteiger charge is 2.58. The van der Waals surface area contributed by atoms with E-state index in [0.29, 0.717) is 23.2 Å². The second-order valence-electron chi connectivity index (χ2n) is 16.8. The predicted octanol–water partition coefficient (Wildman–Crippen LogP) is 14.7. The van der Waals surface area contributed by atoms with Crippen molar-refractivity contribution >= 4 is 0 Å². The van der Waals surface area contributed by atoms with Crippen LogP contribution in [0.25, 0.3) is 0 Å². The Hall–Kier alpha value is -3.10. The van der Waals surface area contributed by atoms with Gasteiger partial charge >= 0.3 is 0 Å². The topological polar surface area (TPSA) is 29.3 Å². The fourth-order valence-electron chi connectivity index (χ4n) is 7.19. The molecule has 1 fully saturated rings. The van der Waals surface area contributed by atoms with Gasteiger partial charge in [0.05, 0.1) is 0 Å². The molecule has 0 spiro atoms. The fourth-order valence-corrected chi connectivity index (χ4v) is 7.19. The molecule has 1 saturated carbocycles. The molecule has 1 heterocycles. The zero-order valence-corrected chi connectivity index (χ0v) is 37.3. The Morgan fingerprint density at radius 2 is 1.40 bits per heavy atom. The molecule has 0 amide bonds. The predicted molar refractivity (Wildman–Crippen MR) is 244 cm³/mol. The monoisotopic (exact) mass is 727 g/mol. The molecule has 1 aromatic rings. The summed E-state index contributed by atoms with van der Waals surface area (Å²) in [6, 6.07) is 8.78. The lowest BCUT2D eigenvalue weighted by molar-refractivity contribution is 0.416. The maximum Gasteiger partial charge on any atom is 0.0283 e. The summed E-state index contributed by atoms with van der Waals surface area (Å²) in [6.45, 7) is 53.8. The van der Waals surface area contributed by atoms with Gasteiger partial charge in [0.25, 0.3) is 0 Å². The molecule has 2 aliphatic carbocycles. The normalized spacial score (nSPS) is 19.1. The highest BCUT2D eigenvalue weighted by atomic mass is 15.1. The average Bonchev–Trinajstić information content (AvgIpc) is 3.40. The van der Waals surface area contributed by atoms with E-state index in [2.05, 4.69) is 144 Å². The molecule has 53 heavy (non-hydrogen) atoms. The minimum absolute atomic E-state index is 0.155. The van der Waals surface area contributed by atoms with Gasteiger partial charge in [0.15, 0.2) is 0 Å². The molecule has 0 bridgehead atoms. The van der Waals surface area contributed by atoms with Crippen molar-refractivity contribution < 1.29 is 0 Å². The molecule has 2 nitrogen and oxygen atoms in total. The summed E-state index contributed by atoms with van der Waals surface area (Å²) in [5.74, 6) is 3.64. The molecule has 2 N–H and O–H groups in total. The van der Waals surface area contributed by atoms with E-state index in [4.69, 9.17) is 5.73 Å². The van der Waals surface area contributed by atoms with Crippen LogP contribution in [0.3, 0.4) is 0 Å². The summed E-state index contributed by atoms with van der Waals surface area (Å²) in [5.41, 5.74) is 17.0. The third-order valence-electron chi connectivity index (χ3n) is 10.8. The highest BCUT2D eigenvalue weighted by molar-refractivity contribution is 5.33. The minimum Gasteiger partial charge on any atom is -0.380 e. The van der Waals surface area contributed by atoms with Gasteiger partial charge in [-0.2, -0.15) is 0 Å². The first-order chi connectivity index (χ1) is 24.6. The summed E-state index contributed by atoms with van der Waals surface area (Å²) in [6.07, 6.45) is 15.5. The maximum atomic E-state index is 6.10. The first kappa shape index (κ1) is 52.0.